The summed E-state index contributed by atoms with van der Waals surface area (Å²) in [7, 11) is 0. The van der Waals surface area contributed by atoms with Crippen molar-refractivity contribution in [3.05, 3.63) is 0 Å². The Morgan fingerprint density at radius 1 is 1.23 bits per heavy atom. The van der Waals surface area contributed by atoms with Gasteiger partial charge in [-0.2, -0.15) is 0 Å². The van der Waals surface area contributed by atoms with Crippen LogP contribution in [0.3, 0.4) is 0 Å². The van der Waals surface area contributed by atoms with Gasteiger partial charge in [-0.25, -0.2) is 0 Å². The molecule has 2 amide bonds. The first-order valence-electron chi connectivity index (χ1n) is 8.14. The standard InChI is InChI=1S/C16H24N2O7S/c1-10(19)24-9-16(2,3)14-15(23)18-5-4-11(20)17-6-7-26-13(22)8-12(21)25-14/h14H,4-9H2,1-3H3,(H,17,20)(H,18,23)/t14-/m0/s1. The van der Waals surface area contributed by atoms with Gasteiger partial charge in [-0.3, -0.25) is 24.0 Å². The van der Waals surface area contributed by atoms with E-state index in [4.69, 9.17) is 9.47 Å². The smallest absolute Gasteiger partial charge is 0.315 e. The van der Waals surface area contributed by atoms with E-state index in [1.807, 2.05) is 0 Å². The molecule has 1 fully saturated rings. The highest BCUT2D eigenvalue weighted by molar-refractivity contribution is 8.13. The van der Waals surface area contributed by atoms with Crippen LogP contribution in [0.1, 0.15) is 33.6 Å². The monoisotopic (exact) mass is 388 g/mol. The molecule has 0 aromatic carbocycles. The predicted molar refractivity (Wildman–Crippen MR) is 93.0 cm³/mol. The third-order valence-corrected chi connectivity index (χ3v) is 4.35. The summed E-state index contributed by atoms with van der Waals surface area (Å²) in [5, 5.41) is 4.74. The minimum Gasteiger partial charge on any atom is -0.465 e. The number of rotatable bonds is 3. The average Bonchev–Trinajstić information content (AvgIpc) is 2.54. The van der Waals surface area contributed by atoms with Gasteiger partial charge in [-0.1, -0.05) is 25.6 Å². The summed E-state index contributed by atoms with van der Waals surface area (Å²) < 4.78 is 10.2. The third kappa shape index (κ3) is 7.85. The highest BCUT2D eigenvalue weighted by Crippen LogP contribution is 2.25. The number of hydrogen-bond acceptors (Lipinski definition) is 8. The van der Waals surface area contributed by atoms with Crippen LogP contribution in [-0.4, -0.2) is 60.4 Å². The molecule has 0 spiro atoms. The molecule has 0 aromatic heterocycles. The molecule has 146 valence electrons. The van der Waals surface area contributed by atoms with E-state index in [1.54, 1.807) is 13.8 Å². The van der Waals surface area contributed by atoms with Crippen molar-refractivity contribution in [1.82, 2.24) is 10.6 Å². The highest BCUT2D eigenvalue weighted by atomic mass is 32.2. The van der Waals surface area contributed by atoms with Crippen molar-refractivity contribution in [3.63, 3.8) is 0 Å². The van der Waals surface area contributed by atoms with Crippen molar-refractivity contribution in [2.24, 2.45) is 5.41 Å². The van der Waals surface area contributed by atoms with Gasteiger partial charge in [0.2, 0.25) is 5.91 Å². The molecule has 10 heteroatoms. The lowest BCUT2D eigenvalue weighted by Gasteiger charge is -2.32. The number of hydrogen-bond donors (Lipinski definition) is 2. The lowest BCUT2D eigenvalue weighted by Crippen LogP contribution is -2.49. The predicted octanol–water partition coefficient (Wildman–Crippen LogP) is -0.226. The molecular formula is C16H24N2O7S. The normalized spacial score (nSPS) is 21.1. The molecule has 1 aliphatic rings. The van der Waals surface area contributed by atoms with Crippen LogP contribution >= 0.6 is 11.8 Å². The van der Waals surface area contributed by atoms with E-state index in [1.165, 1.54) is 6.92 Å². The molecule has 1 atom stereocenters. The molecule has 0 radical (unpaired) electrons. The molecule has 1 saturated heterocycles. The molecule has 26 heavy (non-hydrogen) atoms. The molecular weight excluding hydrogens is 364 g/mol. The number of carbonyl (C=O) groups is 5. The van der Waals surface area contributed by atoms with Gasteiger partial charge in [-0.15, -0.1) is 0 Å². The van der Waals surface area contributed by atoms with Gasteiger partial charge in [0.05, 0.1) is 0 Å². The summed E-state index contributed by atoms with van der Waals surface area (Å²) in [5.41, 5.74) is -1.03. The number of ether oxygens (including phenoxy) is 2. The van der Waals surface area contributed by atoms with Crippen LogP contribution in [0.5, 0.6) is 0 Å². The molecule has 0 saturated carbocycles. The number of cyclic esters (lactones) is 1. The van der Waals surface area contributed by atoms with Gasteiger partial charge in [-0.05, 0) is 0 Å². The van der Waals surface area contributed by atoms with Crippen LogP contribution in [0, 0.1) is 5.41 Å². The molecule has 0 unspecified atom stereocenters. The van der Waals surface area contributed by atoms with E-state index < -0.39 is 40.9 Å². The molecule has 2 N–H and O–H groups in total. The number of amides is 2. The molecule has 0 bridgehead atoms. The zero-order chi connectivity index (χ0) is 19.7. The van der Waals surface area contributed by atoms with Crippen LogP contribution in [0.25, 0.3) is 0 Å². The van der Waals surface area contributed by atoms with Crippen LogP contribution in [-0.2, 0) is 33.4 Å². The zero-order valence-electron chi connectivity index (χ0n) is 15.1. The fourth-order valence-corrected chi connectivity index (χ4v) is 2.76. The van der Waals surface area contributed by atoms with Crippen molar-refractivity contribution >= 4 is 40.6 Å². The Hall–Kier alpha value is -2.10. The Bertz CT molecular complexity index is 577. The highest BCUT2D eigenvalue weighted by Gasteiger charge is 2.40. The fraction of sp³-hybridized carbons (Fsp3) is 0.688. The van der Waals surface area contributed by atoms with Crippen molar-refractivity contribution in [2.75, 3.05) is 25.4 Å². The van der Waals surface area contributed by atoms with Crippen molar-refractivity contribution < 1.29 is 33.4 Å². The van der Waals surface area contributed by atoms with Gasteiger partial charge in [0.1, 0.15) is 13.0 Å². The number of nitrogens with one attached hydrogen (secondary N) is 2. The van der Waals surface area contributed by atoms with Crippen molar-refractivity contribution in [3.8, 4) is 0 Å². The SMILES string of the molecule is CC(=O)OCC(C)(C)[C@H]1OC(=O)CC(=O)SCCNC(=O)CCNC1=O. The third-order valence-electron chi connectivity index (χ3n) is 3.47. The summed E-state index contributed by atoms with van der Waals surface area (Å²) in [4.78, 5) is 59.0. The Balaban J connectivity index is 2.92. The van der Waals surface area contributed by atoms with E-state index in [0.29, 0.717) is 5.75 Å². The Kier molecular flexibility index (Phi) is 8.56. The largest absolute Gasteiger partial charge is 0.465 e. The Morgan fingerprint density at radius 3 is 2.58 bits per heavy atom. The summed E-state index contributed by atoms with van der Waals surface area (Å²) in [5.74, 6) is -1.91. The minimum atomic E-state index is -1.28. The van der Waals surface area contributed by atoms with Crippen LogP contribution in [0.2, 0.25) is 0 Å². The maximum Gasteiger partial charge on any atom is 0.315 e. The number of esters is 2. The first-order chi connectivity index (χ1) is 12.1. The topological polar surface area (TPSA) is 128 Å². The maximum absolute atomic E-state index is 12.5. The van der Waals surface area contributed by atoms with Gasteiger partial charge < -0.3 is 20.1 Å². The fourth-order valence-electron chi connectivity index (χ4n) is 2.11. The van der Waals surface area contributed by atoms with E-state index in [0.717, 1.165) is 11.8 Å². The summed E-state index contributed by atoms with van der Waals surface area (Å²) >= 11 is 0.908. The second kappa shape index (κ2) is 10.1. The molecule has 1 aliphatic heterocycles. The lowest BCUT2D eigenvalue weighted by atomic mass is 9.86. The van der Waals surface area contributed by atoms with Crippen LogP contribution < -0.4 is 10.6 Å². The minimum absolute atomic E-state index is 0.0510. The summed E-state index contributed by atoms with van der Waals surface area (Å²) in [6.07, 6.45) is -1.72. The number of thioether (sulfide) groups is 1. The van der Waals surface area contributed by atoms with Crippen molar-refractivity contribution in [1.29, 1.82) is 0 Å². The molecule has 9 nitrogen and oxygen atoms in total. The lowest BCUT2D eigenvalue weighted by molar-refractivity contribution is -0.168. The van der Waals surface area contributed by atoms with Crippen molar-refractivity contribution in [2.45, 2.75) is 39.7 Å². The maximum atomic E-state index is 12.5. The van der Waals surface area contributed by atoms with Gasteiger partial charge in [0.15, 0.2) is 11.2 Å². The van der Waals surface area contributed by atoms with E-state index in [-0.39, 0.29) is 32.0 Å². The first kappa shape index (κ1) is 21.9. The van der Waals surface area contributed by atoms with E-state index in [9.17, 15) is 24.0 Å². The first-order valence-corrected chi connectivity index (χ1v) is 9.13. The molecule has 1 heterocycles. The van der Waals surface area contributed by atoms with Crippen LogP contribution in [0.4, 0.5) is 0 Å². The van der Waals surface area contributed by atoms with Crippen LogP contribution in [0.15, 0.2) is 0 Å². The zero-order valence-corrected chi connectivity index (χ0v) is 15.9. The second-order valence-corrected chi connectivity index (χ2v) is 7.58. The molecule has 1 rings (SSSR count). The Labute approximate surface area is 155 Å². The molecule has 0 aromatic rings. The average molecular weight is 388 g/mol. The quantitative estimate of drug-likeness (QED) is 0.501. The second-order valence-electron chi connectivity index (χ2n) is 6.43. The molecule has 0 aliphatic carbocycles. The summed E-state index contributed by atoms with van der Waals surface area (Å²) in [6.45, 7) is 4.62. The Morgan fingerprint density at radius 2 is 1.92 bits per heavy atom. The number of carbonyl (C=O) groups excluding carboxylic acids is 5. The van der Waals surface area contributed by atoms with E-state index in [2.05, 4.69) is 10.6 Å². The van der Waals surface area contributed by atoms with E-state index >= 15 is 0 Å². The van der Waals surface area contributed by atoms with Gasteiger partial charge in [0.25, 0.3) is 5.91 Å². The summed E-state index contributed by atoms with van der Waals surface area (Å²) in [6, 6.07) is 0. The van der Waals surface area contributed by atoms with Gasteiger partial charge in [0, 0.05) is 37.6 Å². The van der Waals surface area contributed by atoms with Gasteiger partial charge >= 0.3 is 11.9 Å².